The molecule has 2 aliphatic heterocycles. The molecule has 0 amide bonds. The third-order valence-electron chi connectivity index (χ3n) is 4.87. The van der Waals surface area contributed by atoms with Gasteiger partial charge in [0, 0.05) is 43.0 Å². The number of methoxy groups -OCH3 is 1. The van der Waals surface area contributed by atoms with Crippen molar-refractivity contribution in [2.45, 2.75) is 64.3 Å². The molecule has 4 atom stereocenters. The third-order valence-corrected chi connectivity index (χ3v) is 4.87. The van der Waals surface area contributed by atoms with E-state index in [2.05, 4.69) is 9.64 Å². The first-order chi connectivity index (χ1) is 12.2. The lowest BCUT2D eigenvalue weighted by Crippen LogP contribution is -2.46. The predicted octanol–water partition coefficient (Wildman–Crippen LogP) is 1.76. The van der Waals surface area contributed by atoms with E-state index in [1.807, 2.05) is 20.9 Å². The largest absolute Gasteiger partial charge is 0.466 e. The number of nitrogens with zero attached hydrogens (tertiary/aromatic N) is 1. The molecule has 0 unspecified atom stereocenters. The molecule has 7 heteroatoms. The zero-order chi connectivity index (χ0) is 19.4. The van der Waals surface area contributed by atoms with Gasteiger partial charge in [-0.25, -0.2) is 14.4 Å². The van der Waals surface area contributed by atoms with Crippen LogP contribution in [0.15, 0.2) is 23.3 Å². The molecule has 2 saturated heterocycles. The number of hydrogen-bond donors (Lipinski definition) is 0. The van der Waals surface area contributed by atoms with E-state index in [4.69, 9.17) is 9.47 Å². The summed E-state index contributed by atoms with van der Waals surface area (Å²) in [5, 5.41) is 0. The van der Waals surface area contributed by atoms with Gasteiger partial charge in [0.25, 0.3) is 0 Å². The van der Waals surface area contributed by atoms with Crippen LogP contribution in [0.2, 0.25) is 0 Å². The van der Waals surface area contributed by atoms with Crippen molar-refractivity contribution in [2.75, 3.05) is 14.2 Å². The fourth-order valence-electron chi connectivity index (χ4n) is 3.61. The van der Waals surface area contributed by atoms with Crippen molar-refractivity contribution in [3.63, 3.8) is 0 Å². The predicted molar refractivity (Wildman–Crippen MR) is 94.2 cm³/mol. The minimum absolute atomic E-state index is 0.0201. The van der Waals surface area contributed by atoms with Gasteiger partial charge in [0.05, 0.1) is 13.2 Å². The van der Waals surface area contributed by atoms with Crippen LogP contribution in [0.3, 0.4) is 0 Å². The van der Waals surface area contributed by atoms with Gasteiger partial charge >= 0.3 is 17.9 Å². The van der Waals surface area contributed by atoms with Gasteiger partial charge in [-0.2, -0.15) is 0 Å². The molecule has 0 saturated carbocycles. The van der Waals surface area contributed by atoms with Crippen molar-refractivity contribution in [3.8, 4) is 0 Å². The molecule has 144 valence electrons. The molecular weight excluding hydrogens is 338 g/mol. The van der Waals surface area contributed by atoms with Crippen molar-refractivity contribution in [2.24, 2.45) is 0 Å². The SMILES string of the molecule is COC(=O)/C(C)=C\C(=O)O[C@@H]1C[C@H]2C[C@H](OC(=O)C=C(C)C)[C@@H](C1)N2C. The Hall–Kier alpha value is -2.15. The van der Waals surface area contributed by atoms with Crippen LogP contribution in [-0.4, -0.2) is 61.3 Å². The zero-order valence-electron chi connectivity index (χ0n) is 16.0. The summed E-state index contributed by atoms with van der Waals surface area (Å²) >= 11 is 0. The highest BCUT2D eigenvalue weighted by atomic mass is 16.6. The van der Waals surface area contributed by atoms with E-state index in [0.29, 0.717) is 12.8 Å². The fourth-order valence-corrected chi connectivity index (χ4v) is 3.61. The summed E-state index contributed by atoms with van der Waals surface area (Å²) in [6, 6.07) is 0.216. The maximum atomic E-state index is 12.0. The highest BCUT2D eigenvalue weighted by Crippen LogP contribution is 2.37. The Labute approximate surface area is 154 Å². The minimum Gasteiger partial charge on any atom is -0.466 e. The van der Waals surface area contributed by atoms with Crippen LogP contribution in [0.5, 0.6) is 0 Å². The molecule has 2 aliphatic rings. The second-order valence-electron chi connectivity index (χ2n) is 7.17. The Morgan fingerprint density at radius 3 is 2.23 bits per heavy atom. The smallest absolute Gasteiger partial charge is 0.333 e. The molecule has 2 heterocycles. The molecule has 0 spiro atoms. The number of piperidine rings is 1. The first-order valence-corrected chi connectivity index (χ1v) is 8.76. The molecule has 2 bridgehead atoms. The number of esters is 3. The number of ether oxygens (including phenoxy) is 3. The highest BCUT2D eigenvalue weighted by molar-refractivity contribution is 5.95. The van der Waals surface area contributed by atoms with E-state index in [-0.39, 0.29) is 35.8 Å². The van der Waals surface area contributed by atoms with E-state index in [1.165, 1.54) is 20.1 Å². The summed E-state index contributed by atoms with van der Waals surface area (Å²) < 4.78 is 15.7. The van der Waals surface area contributed by atoms with Gasteiger partial charge < -0.3 is 14.2 Å². The number of carbonyl (C=O) groups is 3. The van der Waals surface area contributed by atoms with Crippen LogP contribution in [0, 0.1) is 0 Å². The van der Waals surface area contributed by atoms with E-state index >= 15 is 0 Å². The lowest BCUT2D eigenvalue weighted by Gasteiger charge is -2.36. The summed E-state index contributed by atoms with van der Waals surface area (Å²) in [6.45, 7) is 5.20. The molecule has 2 fully saturated rings. The van der Waals surface area contributed by atoms with E-state index in [0.717, 1.165) is 18.1 Å². The second-order valence-corrected chi connectivity index (χ2v) is 7.17. The summed E-state index contributed by atoms with van der Waals surface area (Å²) in [4.78, 5) is 37.5. The van der Waals surface area contributed by atoms with Gasteiger partial charge in [0.2, 0.25) is 0 Å². The summed E-state index contributed by atoms with van der Waals surface area (Å²) in [7, 11) is 3.26. The Morgan fingerprint density at radius 2 is 1.62 bits per heavy atom. The number of rotatable bonds is 5. The van der Waals surface area contributed by atoms with Crippen LogP contribution in [0.1, 0.15) is 40.0 Å². The quantitative estimate of drug-likeness (QED) is 0.417. The van der Waals surface area contributed by atoms with Gasteiger partial charge in [-0.1, -0.05) is 5.57 Å². The maximum absolute atomic E-state index is 12.0. The summed E-state index contributed by atoms with van der Waals surface area (Å²) in [6.07, 6.45) is 4.18. The van der Waals surface area contributed by atoms with Gasteiger partial charge in [0.1, 0.15) is 12.2 Å². The van der Waals surface area contributed by atoms with Crippen molar-refractivity contribution in [1.82, 2.24) is 4.90 Å². The number of hydrogen-bond acceptors (Lipinski definition) is 7. The van der Waals surface area contributed by atoms with Crippen molar-refractivity contribution in [1.29, 1.82) is 0 Å². The Kier molecular flexibility index (Phi) is 6.58. The van der Waals surface area contributed by atoms with Crippen LogP contribution >= 0.6 is 0 Å². The van der Waals surface area contributed by atoms with E-state index in [1.54, 1.807) is 0 Å². The fraction of sp³-hybridized carbons (Fsp3) is 0.632. The Balaban J connectivity index is 1.96. The van der Waals surface area contributed by atoms with Gasteiger partial charge in [-0.05, 0) is 27.8 Å². The lowest BCUT2D eigenvalue weighted by atomic mass is 10.0. The first kappa shape index (κ1) is 20.2. The van der Waals surface area contributed by atoms with Crippen molar-refractivity contribution >= 4 is 17.9 Å². The molecule has 0 aromatic carbocycles. The van der Waals surface area contributed by atoms with Gasteiger partial charge in [0.15, 0.2) is 0 Å². The molecule has 2 rings (SSSR count). The van der Waals surface area contributed by atoms with Crippen molar-refractivity contribution < 1.29 is 28.6 Å². The summed E-state index contributed by atoms with van der Waals surface area (Å²) in [5.74, 6) is -1.45. The van der Waals surface area contributed by atoms with Crippen LogP contribution in [0.4, 0.5) is 0 Å². The molecular formula is C19H27NO6. The van der Waals surface area contributed by atoms with Gasteiger partial charge in [-0.3, -0.25) is 4.90 Å². The van der Waals surface area contributed by atoms with E-state index in [9.17, 15) is 14.4 Å². The molecule has 0 aromatic rings. The lowest BCUT2D eigenvalue weighted by molar-refractivity contribution is -0.150. The molecule has 0 radical (unpaired) electrons. The van der Waals surface area contributed by atoms with Gasteiger partial charge in [-0.15, -0.1) is 0 Å². The number of allylic oxidation sites excluding steroid dienone is 1. The van der Waals surface area contributed by atoms with Crippen LogP contribution in [0.25, 0.3) is 0 Å². The molecule has 0 aromatic heterocycles. The average Bonchev–Trinajstić information content (AvgIpc) is 2.71. The average molecular weight is 365 g/mol. The number of fused-ring (bicyclic) bond motifs is 2. The standard InChI is InChI=1S/C19H27NO6/c1-11(2)6-17(21)26-16-9-13-8-14(10-15(16)20(13)4)25-18(22)7-12(3)19(23)24-5/h6-7,13-16H,8-10H2,1-5H3/b12-7-/t13-,14+,15+,16-/m0/s1. The van der Waals surface area contributed by atoms with E-state index < -0.39 is 11.9 Å². The maximum Gasteiger partial charge on any atom is 0.333 e. The Morgan fingerprint density at radius 1 is 0.962 bits per heavy atom. The monoisotopic (exact) mass is 365 g/mol. The summed E-state index contributed by atoms with van der Waals surface area (Å²) in [5.41, 5.74) is 1.09. The van der Waals surface area contributed by atoms with Crippen LogP contribution < -0.4 is 0 Å². The molecule has 0 N–H and O–H groups in total. The normalized spacial score (nSPS) is 28.3. The number of carbonyl (C=O) groups excluding carboxylic acids is 3. The topological polar surface area (TPSA) is 82.1 Å². The zero-order valence-corrected chi connectivity index (χ0v) is 16.0. The van der Waals surface area contributed by atoms with Crippen molar-refractivity contribution in [3.05, 3.63) is 23.3 Å². The number of likely N-dealkylation sites (N-methyl/N-ethyl adjacent to an activating group) is 1. The minimum atomic E-state index is -0.559. The second kappa shape index (κ2) is 8.49. The van der Waals surface area contributed by atoms with Crippen LogP contribution in [-0.2, 0) is 28.6 Å². The Bertz CT molecular complexity index is 634. The highest BCUT2D eigenvalue weighted by Gasteiger charge is 2.47. The molecule has 0 aliphatic carbocycles. The molecule has 26 heavy (non-hydrogen) atoms. The third kappa shape index (κ3) is 4.94. The molecule has 7 nitrogen and oxygen atoms in total. The first-order valence-electron chi connectivity index (χ1n) is 8.76.